The van der Waals surface area contributed by atoms with Gasteiger partial charge >= 0.3 is 19.8 Å². The highest BCUT2D eigenvalue weighted by Crippen LogP contribution is 2.43. The highest BCUT2D eigenvalue weighted by atomic mass is 31.2. The molecular weight excluding hydrogens is 737 g/mol. The molecule has 0 rings (SSSR count). The van der Waals surface area contributed by atoms with Crippen LogP contribution in [0.15, 0.2) is 60.8 Å². The van der Waals surface area contributed by atoms with Gasteiger partial charge in [0.15, 0.2) is 6.10 Å². The normalized spacial score (nSPS) is 13.8. The molecule has 57 heavy (non-hydrogen) atoms. The van der Waals surface area contributed by atoms with Crippen molar-refractivity contribution in [3.05, 3.63) is 60.8 Å². The summed E-state index contributed by atoms with van der Waals surface area (Å²) in [6, 6.07) is 0. The summed E-state index contributed by atoms with van der Waals surface area (Å²) in [7, 11) is -4.39. The summed E-state index contributed by atoms with van der Waals surface area (Å²) in [6.45, 7) is 3.57. The maximum absolute atomic E-state index is 12.6. The van der Waals surface area contributed by atoms with Gasteiger partial charge < -0.3 is 20.1 Å². The molecule has 330 valence electrons. The standard InChI is InChI=1S/C47H84NO8P/c1-3-5-7-9-11-13-15-17-19-20-21-22-23-24-26-28-30-32-34-36-38-40-47(50)56-45(44-55-57(51,52)54-42-41-48)43-53-46(49)39-37-35-33-31-29-27-25-18-16-14-12-10-8-6-4-2/h6,8,10,12,14,16-19,25,45H,3-5,7,9,11,13,15,20-24,26-44,48H2,1-2H3,(H,51,52)/b8-6+,12-10+,16-14+,19-17+,25-18+/t45-/m1/s1. The largest absolute Gasteiger partial charge is 0.472 e. The Balaban J connectivity index is 4.13. The zero-order valence-electron chi connectivity index (χ0n) is 36.3. The zero-order chi connectivity index (χ0) is 41.8. The molecular formula is C47H84NO8P. The molecule has 0 spiro atoms. The van der Waals surface area contributed by atoms with E-state index in [1.165, 1.54) is 96.3 Å². The average Bonchev–Trinajstić information content (AvgIpc) is 3.20. The van der Waals surface area contributed by atoms with Crippen LogP contribution in [0.2, 0.25) is 0 Å². The monoisotopic (exact) mass is 822 g/mol. The summed E-state index contributed by atoms with van der Waals surface area (Å²) in [5.74, 6) is -0.857. The quantitative estimate of drug-likeness (QED) is 0.0203. The van der Waals surface area contributed by atoms with E-state index in [0.717, 1.165) is 57.8 Å². The van der Waals surface area contributed by atoms with Crippen molar-refractivity contribution in [3.8, 4) is 0 Å². The molecule has 0 aromatic rings. The van der Waals surface area contributed by atoms with Gasteiger partial charge in [0.1, 0.15) is 6.61 Å². The third-order valence-electron chi connectivity index (χ3n) is 9.48. The fraction of sp³-hybridized carbons (Fsp3) is 0.745. The molecule has 0 amide bonds. The number of phosphoric ester groups is 1. The summed E-state index contributed by atoms with van der Waals surface area (Å²) < 4.78 is 32.8. The van der Waals surface area contributed by atoms with Crippen LogP contribution in [0.1, 0.15) is 194 Å². The van der Waals surface area contributed by atoms with Gasteiger partial charge in [-0.25, -0.2) is 4.57 Å². The molecule has 0 fully saturated rings. The Kier molecular flexibility index (Phi) is 41.6. The lowest BCUT2D eigenvalue weighted by Gasteiger charge is -2.19. The molecule has 0 heterocycles. The first-order chi connectivity index (χ1) is 27.8. The van der Waals surface area contributed by atoms with Gasteiger partial charge in [-0.05, 0) is 57.8 Å². The number of hydrogen-bond acceptors (Lipinski definition) is 8. The maximum Gasteiger partial charge on any atom is 0.472 e. The van der Waals surface area contributed by atoms with E-state index in [1.807, 2.05) is 30.4 Å². The first-order valence-electron chi connectivity index (χ1n) is 22.8. The van der Waals surface area contributed by atoms with Crippen LogP contribution in [0.3, 0.4) is 0 Å². The van der Waals surface area contributed by atoms with Crippen LogP contribution in [0.4, 0.5) is 0 Å². The Morgan fingerprint density at radius 3 is 1.49 bits per heavy atom. The van der Waals surface area contributed by atoms with E-state index < -0.39 is 32.5 Å². The number of carbonyl (C=O) groups excluding carboxylic acids is 2. The molecule has 1 unspecified atom stereocenters. The first-order valence-corrected chi connectivity index (χ1v) is 24.3. The van der Waals surface area contributed by atoms with E-state index in [0.29, 0.717) is 12.8 Å². The minimum atomic E-state index is -4.39. The van der Waals surface area contributed by atoms with Crippen LogP contribution in [0, 0.1) is 0 Å². The Morgan fingerprint density at radius 2 is 0.982 bits per heavy atom. The van der Waals surface area contributed by atoms with Gasteiger partial charge in [0.05, 0.1) is 13.2 Å². The minimum absolute atomic E-state index is 0.0475. The van der Waals surface area contributed by atoms with Gasteiger partial charge in [0.2, 0.25) is 0 Å². The lowest BCUT2D eigenvalue weighted by Crippen LogP contribution is -2.29. The maximum atomic E-state index is 12.6. The van der Waals surface area contributed by atoms with Crippen molar-refractivity contribution < 1.29 is 37.6 Å². The SMILES string of the molecule is CC/C=C/C=C/C=C/C=C/CCCCCCCC(=O)OC[C@H](COP(=O)(O)OCCN)OC(=O)CCCCCCCCCCCCC/C=C/CCCCCCCC. The Hall–Kier alpha value is -2.29. The Morgan fingerprint density at radius 1 is 0.544 bits per heavy atom. The van der Waals surface area contributed by atoms with Crippen molar-refractivity contribution >= 4 is 19.8 Å². The lowest BCUT2D eigenvalue weighted by atomic mass is 10.0. The Bertz CT molecular complexity index is 1120. The molecule has 0 aromatic heterocycles. The second-order valence-electron chi connectivity index (χ2n) is 15.0. The number of rotatable bonds is 42. The number of esters is 2. The van der Waals surface area contributed by atoms with Gasteiger partial charge in [-0.2, -0.15) is 0 Å². The number of carbonyl (C=O) groups is 2. The number of phosphoric acid groups is 1. The molecule has 0 saturated carbocycles. The van der Waals surface area contributed by atoms with Gasteiger partial charge in [0, 0.05) is 19.4 Å². The van der Waals surface area contributed by atoms with Gasteiger partial charge in [-0.1, -0.05) is 184 Å². The lowest BCUT2D eigenvalue weighted by molar-refractivity contribution is -0.161. The topological polar surface area (TPSA) is 134 Å². The zero-order valence-corrected chi connectivity index (χ0v) is 37.2. The van der Waals surface area contributed by atoms with Crippen molar-refractivity contribution in [3.63, 3.8) is 0 Å². The predicted octanol–water partition coefficient (Wildman–Crippen LogP) is 13.3. The van der Waals surface area contributed by atoms with Crippen LogP contribution < -0.4 is 5.73 Å². The van der Waals surface area contributed by atoms with Gasteiger partial charge in [-0.15, -0.1) is 0 Å². The van der Waals surface area contributed by atoms with Crippen molar-refractivity contribution in [2.75, 3.05) is 26.4 Å². The van der Waals surface area contributed by atoms with Crippen LogP contribution in [0.5, 0.6) is 0 Å². The van der Waals surface area contributed by atoms with Gasteiger partial charge in [0.25, 0.3) is 0 Å². The third-order valence-corrected chi connectivity index (χ3v) is 10.5. The number of nitrogens with two attached hydrogens (primary N) is 1. The molecule has 2 atom stereocenters. The molecule has 10 heteroatoms. The molecule has 0 aliphatic heterocycles. The van der Waals surface area contributed by atoms with Crippen LogP contribution in [-0.2, 0) is 32.7 Å². The smallest absolute Gasteiger partial charge is 0.462 e. The molecule has 0 saturated heterocycles. The summed E-state index contributed by atoms with van der Waals surface area (Å²) >= 11 is 0. The third kappa shape index (κ3) is 43.1. The van der Waals surface area contributed by atoms with E-state index in [4.69, 9.17) is 24.3 Å². The van der Waals surface area contributed by atoms with E-state index in [1.54, 1.807) is 0 Å². The molecule has 3 N–H and O–H groups in total. The molecule has 0 radical (unpaired) electrons. The fourth-order valence-electron chi connectivity index (χ4n) is 6.11. The number of allylic oxidation sites excluding steroid dienone is 10. The number of unbranched alkanes of at least 4 members (excludes halogenated alkanes) is 22. The summed E-state index contributed by atoms with van der Waals surface area (Å²) in [5, 5.41) is 0. The summed E-state index contributed by atoms with van der Waals surface area (Å²) in [4.78, 5) is 34.9. The Labute approximate surface area is 349 Å². The van der Waals surface area contributed by atoms with E-state index in [2.05, 4.69) is 44.2 Å². The molecule has 0 aliphatic rings. The van der Waals surface area contributed by atoms with E-state index >= 15 is 0 Å². The first kappa shape index (κ1) is 54.7. The van der Waals surface area contributed by atoms with Crippen LogP contribution >= 0.6 is 7.82 Å². The molecule has 0 aromatic carbocycles. The van der Waals surface area contributed by atoms with Gasteiger partial charge in [-0.3, -0.25) is 18.6 Å². The molecule has 9 nitrogen and oxygen atoms in total. The van der Waals surface area contributed by atoms with Crippen LogP contribution in [0.25, 0.3) is 0 Å². The molecule has 0 bridgehead atoms. The van der Waals surface area contributed by atoms with Crippen LogP contribution in [-0.4, -0.2) is 49.3 Å². The molecule has 0 aliphatic carbocycles. The highest BCUT2D eigenvalue weighted by Gasteiger charge is 2.26. The van der Waals surface area contributed by atoms with E-state index in [-0.39, 0.29) is 32.6 Å². The number of hydrogen-bond donors (Lipinski definition) is 2. The van der Waals surface area contributed by atoms with E-state index in [9.17, 15) is 19.0 Å². The highest BCUT2D eigenvalue weighted by molar-refractivity contribution is 7.47. The summed E-state index contributed by atoms with van der Waals surface area (Å²) in [6.07, 6.45) is 51.1. The number of ether oxygens (including phenoxy) is 2. The van der Waals surface area contributed by atoms with Crippen molar-refractivity contribution in [1.82, 2.24) is 0 Å². The summed E-state index contributed by atoms with van der Waals surface area (Å²) in [5.41, 5.74) is 5.35. The second-order valence-corrected chi connectivity index (χ2v) is 16.4. The predicted molar refractivity (Wildman–Crippen MR) is 238 cm³/mol. The van der Waals surface area contributed by atoms with Crippen molar-refractivity contribution in [1.29, 1.82) is 0 Å². The van der Waals surface area contributed by atoms with Crippen molar-refractivity contribution in [2.24, 2.45) is 5.73 Å². The minimum Gasteiger partial charge on any atom is -0.462 e. The fourth-order valence-corrected chi connectivity index (χ4v) is 6.88. The second kappa shape index (κ2) is 43.3. The van der Waals surface area contributed by atoms with Crippen molar-refractivity contribution in [2.45, 2.75) is 200 Å². The average molecular weight is 822 g/mol.